The fourth-order valence-electron chi connectivity index (χ4n) is 4.71. The number of carbonyl (C=O) groups excluding carboxylic acids is 1. The summed E-state index contributed by atoms with van der Waals surface area (Å²) in [5.41, 5.74) is 4.86. The van der Waals surface area contributed by atoms with Gasteiger partial charge in [0.15, 0.2) is 4.80 Å². The molecule has 0 aliphatic carbocycles. The lowest BCUT2D eigenvalue weighted by atomic mass is 9.96. The fraction of sp³-hybridized carbons (Fsp3) is 0.214. The highest BCUT2D eigenvalue weighted by atomic mass is 32.1. The van der Waals surface area contributed by atoms with Crippen molar-refractivity contribution < 1.29 is 13.9 Å². The van der Waals surface area contributed by atoms with E-state index >= 15 is 0 Å². The lowest BCUT2D eigenvalue weighted by Gasteiger charge is -2.24. The van der Waals surface area contributed by atoms with Crippen LogP contribution in [0.3, 0.4) is 0 Å². The van der Waals surface area contributed by atoms with Crippen molar-refractivity contribution in [2.75, 3.05) is 6.61 Å². The number of benzene rings is 1. The topological polar surface area (TPSA) is 78.5 Å². The van der Waals surface area contributed by atoms with Gasteiger partial charge in [0, 0.05) is 17.6 Å². The quantitative estimate of drug-likeness (QED) is 0.379. The fourth-order valence-corrected chi connectivity index (χ4v) is 5.75. The minimum Gasteiger partial charge on any atom is -0.463 e. The van der Waals surface area contributed by atoms with Crippen molar-refractivity contribution in [2.45, 2.75) is 33.7 Å². The van der Waals surface area contributed by atoms with E-state index in [0.29, 0.717) is 20.6 Å². The van der Waals surface area contributed by atoms with E-state index in [-0.39, 0.29) is 17.7 Å². The zero-order valence-electron chi connectivity index (χ0n) is 20.9. The van der Waals surface area contributed by atoms with Gasteiger partial charge in [0.25, 0.3) is 5.56 Å². The molecule has 0 amide bonds. The second-order valence-corrected chi connectivity index (χ2v) is 9.74. The van der Waals surface area contributed by atoms with Gasteiger partial charge in [0.1, 0.15) is 5.82 Å². The first-order chi connectivity index (χ1) is 17.8. The molecular weight excluding hydrogens is 491 g/mol. The number of pyridine rings is 1. The molecule has 0 saturated carbocycles. The van der Waals surface area contributed by atoms with E-state index in [9.17, 15) is 14.0 Å². The summed E-state index contributed by atoms with van der Waals surface area (Å²) in [5.74, 6) is -0.953. The zero-order valence-corrected chi connectivity index (χ0v) is 21.7. The summed E-state index contributed by atoms with van der Waals surface area (Å²) in [6.07, 6.45) is 5.37. The molecule has 1 aliphatic rings. The predicted octanol–water partition coefficient (Wildman–Crippen LogP) is 3.74. The van der Waals surface area contributed by atoms with Crippen LogP contribution in [-0.2, 0) is 9.53 Å². The molecule has 0 spiro atoms. The molecule has 0 bridgehead atoms. The van der Waals surface area contributed by atoms with E-state index in [2.05, 4.69) is 14.5 Å². The molecular formula is C28H25FN4O3S. The van der Waals surface area contributed by atoms with Crippen LogP contribution in [0.2, 0.25) is 0 Å². The lowest BCUT2D eigenvalue weighted by Crippen LogP contribution is -2.39. The molecule has 4 aromatic rings. The molecule has 5 rings (SSSR count). The van der Waals surface area contributed by atoms with E-state index in [1.807, 2.05) is 38.1 Å². The summed E-state index contributed by atoms with van der Waals surface area (Å²) in [4.78, 5) is 36.0. The number of aromatic nitrogens is 3. The monoisotopic (exact) mass is 516 g/mol. The third-order valence-corrected chi connectivity index (χ3v) is 7.35. The first-order valence-corrected chi connectivity index (χ1v) is 12.7. The maximum absolute atomic E-state index is 13.8. The van der Waals surface area contributed by atoms with Crippen LogP contribution in [0.25, 0.3) is 11.8 Å². The Labute approximate surface area is 216 Å². The Morgan fingerprint density at radius 1 is 1.19 bits per heavy atom. The minimum atomic E-state index is -0.777. The summed E-state index contributed by atoms with van der Waals surface area (Å²) in [7, 11) is 0. The van der Waals surface area contributed by atoms with Crippen LogP contribution in [0.4, 0.5) is 4.39 Å². The molecule has 9 heteroatoms. The average Bonchev–Trinajstić information content (AvgIpc) is 3.33. The summed E-state index contributed by atoms with van der Waals surface area (Å²) < 4.78 is 23.1. The minimum absolute atomic E-state index is 0.183. The standard InChI is InChI=1S/C28H25FN4O3S/c1-5-36-27(35)24-17(3)31-28-33(25(24)19-8-10-21(29)11-9-19)26(34)23(37-28)14-20-13-16(2)32(18(20)4)22-7-6-12-30-15-22/h6-15,25H,5H2,1-4H3/b23-14+/t25-/m0/s1. The Bertz CT molecular complexity index is 1710. The first kappa shape index (κ1) is 24.6. The van der Waals surface area contributed by atoms with Gasteiger partial charge in [-0.15, -0.1) is 0 Å². The van der Waals surface area contributed by atoms with Crippen molar-refractivity contribution in [1.29, 1.82) is 0 Å². The molecule has 1 aliphatic heterocycles. The van der Waals surface area contributed by atoms with Crippen molar-refractivity contribution in [3.63, 3.8) is 0 Å². The van der Waals surface area contributed by atoms with Gasteiger partial charge in [-0.2, -0.15) is 0 Å². The van der Waals surface area contributed by atoms with Crippen molar-refractivity contribution in [3.8, 4) is 5.69 Å². The van der Waals surface area contributed by atoms with Gasteiger partial charge >= 0.3 is 5.97 Å². The smallest absolute Gasteiger partial charge is 0.338 e. The highest BCUT2D eigenvalue weighted by molar-refractivity contribution is 7.07. The number of aryl methyl sites for hydroxylation is 1. The van der Waals surface area contributed by atoms with Crippen LogP contribution in [0, 0.1) is 19.7 Å². The van der Waals surface area contributed by atoms with Crippen LogP contribution in [0.15, 0.2) is 75.9 Å². The summed E-state index contributed by atoms with van der Waals surface area (Å²) in [5, 5.41) is 0. The molecule has 1 aromatic carbocycles. The van der Waals surface area contributed by atoms with Crippen LogP contribution >= 0.6 is 11.3 Å². The Hall–Kier alpha value is -4.11. The first-order valence-electron chi connectivity index (χ1n) is 11.8. The molecule has 0 N–H and O–H groups in total. The zero-order chi connectivity index (χ0) is 26.3. The molecule has 0 radical (unpaired) electrons. The Kier molecular flexibility index (Phi) is 6.47. The molecule has 0 unspecified atom stereocenters. The number of nitrogens with zero attached hydrogens (tertiary/aromatic N) is 4. The van der Waals surface area contributed by atoms with Crippen LogP contribution in [0.1, 0.15) is 42.4 Å². The largest absolute Gasteiger partial charge is 0.463 e. The van der Waals surface area contributed by atoms with Gasteiger partial charge in [-0.05, 0) is 75.2 Å². The van der Waals surface area contributed by atoms with E-state index in [1.165, 1.54) is 28.0 Å². The van der Waals surface area contributed by atoms with E-state index in [0.717, 1.165) is 22.6 Å². The van der Waals surface area contributed by atoms with Crippen molar-refractivity contribution in [1.82, 2.24) is 14.1 Å². The Morgan fingerprint density at radius 3 is 2.62 bits per heavy atom. The number of thiazole rings is 1. The number of ether oxygens (including phenoxy) is 1. The van der Waals surface area contributed by atoms with E-state index in [4.69, 9.17) is 4.74 Å². The van der Waals surface area contributed by atoms with Gasteiger partial charge in [-0.25, -0.2) is 14.2 Å². The number of allylic oxidation sites excluding steroid dienone is 1. The molecule has 7 nitrogen and oxygen atoms in total. The van der Waals surface area contributed by atoms with Crippen LogP contribution < -0.4 is 14.9 Å². The highest BCUT2D eigenvalue weighted by Gasteiger charge is 2.33. The molecule has 0 fully saturated rings. The molecule has 0 saturated heterocycles. The predicted molar refractivity (Wildman–Crippen MR) is 140 cm³/mol. The van der Waals surface area contributed by atoms with Crippen molar-refractivity contribution >= 4 is 23.4 Å². The maximum atomic E-state index is 13.8. The third kappa shape index (κ3) is 4.35. The number of halogens is 1. The van der Waals surface area contributed by atoms with Crippen LogP contribution in [-0.4, -0.2) is 26.7 Å². The van der Waals surface area contributed by atoms with Gasteiger partial charge in [0.2, 0.25) is 0 Å². The second-order valence-electron chi connectivity index (χ2n) is 8.73. The van der Waals surface area contributed by atoms with Gasteiger partial charge in [-0.3, -0.25) is 14.3 Å². The summed E-state index contributed by atoms with van der Waals surface area (Å²) in [6, 6.07) is 10.9. The second kappa shape index (κ2) is 9.74. The van der Waals surface area contributed by atoms with Gasteiger partial charge < -0.3 is 9.30 Å². The summed E-state index contributed by atoms with van der Waals surface area (Å²) in [6.45, 7) is 7.62. The lowest BCUT2D eigenvalue weighted by molar-refractivity contribution is -0.139. The molecule has 188 valence electrons. The van der Waals surface area contributed by atoms with E-state index in [1.54, 1.807) is 38.4 Å². The average molecular weight is 517 g/mol. The highest BCUT2D eigenvalue weighted by Crippen LogP contribution is 2.31. The normalized spacial score (nSPS) is 15.5. The number of hydrogen-bond acceptors (Lipinski definition) is 6. The SMILES string of the molecule is CCOC(=O)C1=C(C)N=c2s/c(=C/c3cc(C)n(-c4cccnc4)c3C)c(=O)n2[C@H]1c1ccc(F)cc1. The molecule has 3 aromatic heterocycles. The number of fused-ring (bicyclic) bond motifs is 1. The number of rotatable bonds is 5. The van der Waals surface area contributed by atoms with Crippen molar-refractivity contribution in [3.05, 3.63) is 114 Å². The number of esters is 1. The third-order valence-electron chi connectivity index (χ3n) is 6.36. The molecule has 37 heavy (non-hydrogen) atoms. The Balaban J connectivity index is 1.70. The van der Waals surface area contributed by atoms with Gasteiger partial charge in [-0.1, -0.05) is 23.5 Å². The van der Waals surface area contributed by atoms with E-state index < -0.39 is 17.8 Å². The van der Waals surface area contributed by atoms with Crippen LogP contribution in [0.5, 0.6) is 0 Å². The number of carbonyl (C=O) groups is 1. The number of hydrogen-bond donors (Lipinski definition) is 0. The van der Waals surface area contributed by atoms with Crippen molar-refractivity contribution in [2.24, 2.45) is 4.99 Å². The molecule has 4 heterocycles. The molecule has 1 atom stereocenters. The van der Waals surface area contributed by atoms with Gasteiger partial charge in [0.05, 0.1) is 40.3 Å². The Morgan fingerprint density at radius 2 is 1.95 bits per heavy atom. The summed E-state index contributed by atoms with van der Waals surface area (Å²) >= 11 is 1.26. The maximum Gasteiger partial charge on any atom is 0.338 e.